The minimum Gasteiger partial charge on any atom is -0.449 e. The third kappa shape index (κ3) is 4.06. The molecule has 3 rings (SSSR count). The van der Waals surface area contributed by atoms with Crippen LogP contribution >= 0.6 is 11.6 Å². The number of fused-ring (bicyclic) bond motifs is 1. The number of carbonyl (C=O) groups excluding carboxylic acids is 2. The molecule has 2 aromatic carbocycles. The number of nitrogens with zero attached hydrogens (tertiary/aromatic N) is 3. The normalized spacial score (nSPS) is 12.0. The van der Waals surface area contributed by atoms with E-state index in [9.17, 15) is 14.0 Å². The van der Waals surface area contributed by atoms with Crippen molar-refractivity contribution in [1.82, 2.24) is 15.0 Å². The minimum absolute atomic E-state index is 0.120. The summed E-state index contributed by atoms with van der Waals surface area (Å²) in [7, 11) is 0. The predicted molar refractivity (Wildman–Crippen MR) is 98.1 cm³/mol. The largest absolute Gasteiger partial charge is 0.449 e. The summed E-state index contributed by atoms with van der Waals surface area (Å²) in [4.78, 5) is 24.5. The lowest BCUT2D eigenvalue weighted by molar-refractivity contribution is -0.123. The summed E-state index contributed by atoms with van der Waals surface area (Å²) in [6, 6.07) is 8.63. The summed E-state index contributed by atoms with van der Waals surface area (Å²) >= 11 is 5.68. The van der Waals surface area contributed by atoms with Crippen molar-refractivity contribution < 1.29 is 18.7 Å². The molecule has 0 aliphatic rings. The van der Waals surface area contributed by atoms with Gasteiger partial charge in [0.2, 0.25) is 0 Å². The van der Waals surface area contributed by atoms with Gasteiger partial charge in [-0.3, -0.25) is 4.79 Å². The van der Waals surface area contributed by atoms with E-state index < -0.39 is 23.8 Å². The molecule has 27 heavy (non-hydrogen) atoms. The predicted octanol–water partition coefficient (Wildman–Crippen LogP) is 3.43. The fraction of sp³-hybridized carbons (Fsp3) is 0.222. The van der Waals surface area contributed by atoms with Gasteiger partial charge in [0.05, 0.1) is 16.1 Å². The maximum absolute atomic E-state index is 13.2. The third-order valence-electron chi connectivity index (χ3n) is 3.89. The average molecular weight is 391 g/mol. The van der Waals surface area contributed by atoms with Crippen molar-refractivity contribution in [2.24, 2.45) is 0 Å². The van der Waals surface area contributed by atoms with Crippen LogP contribution in [0.25, 0.3) is 11.0 Å². The highest BCUT2D eigenvalue weighted by Gasteiger charge is 2.20. The van der Waals surface area contributed by atoms with Crippen LogP contribution in [-0.4, -0.2) is 33.0 Å². The molecule has 1 amide bonds. The number of carbonyl (C=O) groups is 2. The van der Waals surface area contributed by atoms with Crippen LogP contribution in [0, 0.1) is 5.82 Å². The first-order chi connectivity index (χ1) is 12.9. The quantitative estimate of drug-likeness (QED) is 0.674. The van der Waals surface area contributed by atoms with Crippen LogP contribution in [0.2, 0.25) is 5.02 Å². The number of halogens is 2. The first-order valence-electron chi connectivity index (χ1n) is 8.19. The molecule has 0 radical (unpaired) electrons. The van der Waals surface area contributed by atoms with Crippen LogP contribution < -0.4 is 5.32 Å². The summed E-state index contributed by atoms with van der Waals surface area (Å²) in [5.41, 5.74) is 1.92. The number of anilines is 1. The van der Waals surface area contributed by atoms with Gasteiger partial charge >= 0.3 is 5.97 Å². The third-order valence-corrected chi connectivity index (χ3v) is 4.18. The summed E-state index contributed by atoms with van der Waals surface area (Å²) in [5, 5.41) is 10.4. The molecule has 0 spiro atoms. The fourth-order valence-corrected chi connectivity index (χ4v) is 2.61. The Balaban J connectivity index is 1.67. The van der Waals surface area contributed by atoms with E-state index in [1.54, 1.807) is 22.9 Å². The number of aromatic nitrogens is 3. The Kier molecular flexibility index (Phi) is 5.36. The van der Waals surface area contributed by atoms with Gasteiger partial charge < -0.3 is 10.1 Å². The maximum atomic E-state index is 13.2. The SMILES string of the molecule is CCn1nnc2cc(C(=O)O[C@@H](C)C(=O)Nc3ccc(F)c(Cl)c3)ccc21. The molecule has 0 saturated heterocycles. The molecule has 0 aliphatic carbocycles. The van der Waals surface area contributed by atoms with Crippen LogP contribution in [0.4, 0.5) is 10.1 Å². The molecule has 1 atom stereocenters. The van der Waals surface area contributed by atoms with Gasteiger partial charge in [-0.25, -0.2) is 13.9 Å². The number of benzene rings is 2. The lowest BCUT2D eigenvalue weighted by atomic mass is 10.2. The van der Waals surface area contributed by atoms with E-state index in [1.807, 2.05) is 6.92 Å². The van der Waals surface area contributed by atoms with Crippen LogP contribution in [0.15, 0.2) is 36.4 Å². The van der Waals surface area contributed by atoms with Gasteiger partial charge in [0.15, 0.2) is 6.10 Å². The summed E-state index contributed by atoms with van der Waals surface area (Å²) in [6.45, 7) is 4.03. The molecule has 1 N–H and O–H groups in total. The van der Waals surface area contributed by atoms with E-state index in [1.165, 1.54) is 19.1 Å². The van der Waals surface area contributed by atoms with Crippen molar-refractivity contribution >= 4 is 40.2 Å². The van der Waals surface area contributed by atoms with Gasteiger partial charge in [-0.15, -0.1) is 5.10 Å². The summed E-state index contributed by atoms with van der Waals surface area (Å²) in [6.07, 6.45) is -1.07. The molecule has 0 bridgehead atoms. The van der Waals surface area contributed by atoms with Crippen LogP contribution in [0.3, 0.4) is 0 Å². The van der Waals surface area contributed by atoms with Gasteiger partial charge in [-0.1, -0.05) is 16.8 Å². The topological polar surface area (TPSA) is 86.1 Å². The Labute approximate surface area is 159 Å². The highest BCUT2D eigenvalue weighted by Crippen LogP contribution is 2.20. The highest BCUT2D eigenvalue weighted by molar-refractivity contribution is 6.31. The second-order valence-corrected chi connectivity index (χ2v) is 6.18. The Bertz CT molecular complexity index is 1020. The fourth-order valence-electron chi connectivity index (χ4n) is 2.43. The number of nitrogens with one attached hydrogen (secondary N) is 1. The zero-order valence-corrected chi connectivity index (χ0v) is 15.3. The molecule has 0 saturated carbocycles. The standard InChI is InChI=1S/C18H16ClFN4O3/c1-3-24-16-7-4-11(8-15(16)22-23-24)18(26)27-10(2)17(25)21-12-5-6-14(20)13(19)9-12/h4-10H,3H2,1-2H3,(H,21,25)/t10-/m0/s1. The molecular formula is C18H16ClFN4O3. The zero-order chi connectivity index (χ0) is 19.6. The van der Waals surface area contributed by atoms with Crippen molar-refractivity contribution in [3.8, 4) is 0 Å². The number of ether oxygens (including phenoxy) is 1. The van der Waals surface area contributed by atoms with Crippen molar-refractivity contribution in [1.29, 1.82) is 0 Å². The van der Waals surface area contributed by atoms with E-state index in [0.29, 0.717) is 17.7 Å². The number of aryl methyl sites for hydroxylation is 1. The first-order valence-corrected chi connectivity index (χ1v) is 8.57. The molecule has 0 unspecified atom stereocenters. The van der Waals surface area contributed by atoms with E-state index in [-0.39, 0.29) is 10.6 Å². The molecule has 9 heteroatoms. The Morgan fingerprint density at radius 1 is 1.30 bits per heavy atom. The summed E-state index contributed by atoms with van der Waals surface area (Å²) in [5.74, 6) is -1.82. The van der Waals surface area contributed by atoms with E-state index >= 15 is 0 Å². The van der Waals surface area contributed by atoms with Crippen molar-refractivity contribution in [3.05, 3.63) is 52.8 Å². The van der Waals surface area contributed by atoms with Gasteiger partial charge in [-0.2, -0.15) is 0 Å². The molecule has 1 heterocycles. The minimum atomic E-state index is -1.07. The second-order valence-electron chi connectivity index (χ2n) is 5.77. The zero-order valence-electron chi connectivity index (χ0n) is 14.6. The molecule has 0 fully saturated rings. The lowest BCUT2D eigenvalue weighted by Crippen LogP contribution is -2.30. The van der Waals surface area contributed by atoms with E-state index in [4.69, 9.17) is 16.3 Å². The van der Waals surface area contributed by atoms with Gasteiger partial charge in [-0.05, 0) is 50.2 Å². The molecular weight excluding hydrogens is 375 g/mol. The molecule has 0 aliphatic heterocycles. The van der Waals surface area contributed by atoms with Crippen molar-refractivity contribution in [2.45, 2.75) is 26.5 Å². The highest BCUT2D eigenvalue weighted by atomic mass is 35.5. The number of esters is 1. The smallest absolute Gasteiger partial charge is 0.338 e. The van der Waals surface area contributed by atoms with Gasteiger partial charge in [0.25, 0.3) is 5.91 Å². The van der Waals surface area contributed by atoms with Gasteiger partial charge in [0, 0.05) is 12.2 Å². The Morgan fingerprint density at radius 3 is 2.78 bits per heavy atom. The Morgan fingerprint density at radius 2 is 2.07 bits per heavy atom. The van der Waals surface area contributed by atoms with Gasteiger partial charge in [0.1, 0.15) is 11.3 Å². The van der Waals surface area contributed by atoms with Crippen LogP contribution in [0.5, 0.6) is 0 Å². The lowest BCUT2D eigenvalue weighted by Gasteiger charge is -2.14. The number of rotatable bonds is 5. The first kappa shape index (κ1) is 18.8. The molecule has 1 aromatic heterocycles. The average Bonchev–Trinajstić information content (AvgIpc) is 3.06. The monoisotopic (exact) mass is 390 g/mol. The Hall–Kier alpha value is -3.00. The number of hydrogen-bond donors (Lipinski definition) is 1. The summed E-state index contributed by atoms with van der Waals surface area (Å²) < 4.78 is 20.1. The van der Waals surface area contributed by atoms with E-state index in [2.05, 4.69) is 15.6 Å². The van der Waals surface area contributed by atoms with Crippen LogP contribution in [-0.2, 0) is 16.1 Å². The van der Waals surface area contributed by atoms with Crippen molar-refractivity contribution in [3.63, 3.8) is 0 Å². The van der Waals surface area contributed by atoms with Crippen molar-refractivity contribution in [2.75, 3.05) is 5.32 Å². The molecule has 140 valence electrons. The van der Waals surface area contributed by atoms with Crippen LogP contribution in [0.1, 0.15) is 24.2 Å². The number of hydrogen-bond acceptors (Lipinski definition) is 5. The van der Waals surface area contributed by atoms with E-state index in [0.717, 1.165) is 11.6 Å². The second kappa shape index (κ2) is 7.71. The maximum Gasteiger partial charge on any atom is 0.338 e. The number of amides is 1. The molecule has 3 aromatic rings. The molecule has 7 nitrogen and oxygen atoms in total.